The summed E-state index contributed by atoms with van der Waals surface area (Å²) in [5.74, 6) is 1.15. The minimum absolute atomic E-state index is 0.945. The third kappa shape index (κ3) is 2.07. The highest BCUT2D eigenvalue weighted by molar-refractivity contribution is 6.25. The van der Waals surface area contributed by atoms with Gasteiger partial charge in [-0.2, -0.15) is 4.57 Å². The van der Waals surface area contributed by atoms with Gasteiger partial charge in [0.15, 0.2) is 0 Å². The zero-order chi connectivity index (χ0) is 20.6. The van der Waals surface area contributed by atoms with Crippen LogP contribution in [0.3, 0.4) is 0 Å². The Kier molecular flexibility index (Phi) is 3.43. The lowest BCUT2D eigenvalue weighted by Crippen LogP contribution is -2.37. The number of rotatable bonds is 1. The van der Waals surface area contributed by atoms with Gasteiger partial charge in [0.05, 0.1) is 12.4 Å². The summed E-state index contributed by atoms with van der Waals surface area (Å²) in [6.07, 6.45) is 0. The Bertz CT molecular complexity index is 1630. The minimum Gasteiger partial charge on any atom is -0.455 e. The van der Waals surface area contributed by atoms with Crippen molar-refractivity contribution in [3.05, 3.63) is 83.6 Å². The molecule has 0 spiro atoms. The van der Waals surface area contributed by atoms with Crippen molar-refractivity contribution in [2.75, 3.05) is 0 Å². The third-order valence-electron chi connectivity index (χ3n) is 6.67. The second-order valence-electron chi connectivity index (χ2n) is 8.21. The molecular weight excluding hydrogens is 368 g/mol. The van der Waals surface area contributed by atoms with Crippen LogP contribution in [0.2, 0.25) is 0 Å². The molecular formula is C27H23N2O+. The van der Waals surface area contributed by atoms with Gasteiger partial charge < -0.3 is 4.42 Å². The Morgan fingerprint density at radius 1 is 0.733 bits per heavy atom. The monoisotopic (exact) mass is 391 g/mol. The van der Waals surface area contributed by atoms with Crippen molar-refractivity contribution in [3.8, 4) is 5.82 Å². The van der Waals surface area contributed by atoms with Crippen LogP contribution in [0.15, 0.2) is 71.1 Å². The summed E-state index contributed by atoms with van der Waals surface area (Å²) >= 11 is 0. The smallest absolute Gasteiger partial charge is 0.286 e. The zero-order valence-electron chi connectivity index (χ0n) is 17.7. The molecule has 0 saturated carbocycles. The molecule has 3 aromatic heterocycles. The van der Waals surface area contributed by atoms with Gasteiger partial charge in [-0.15, -0.1) is 0 Å². The Morgan fingerprint density at radius 3 is 2.30 bits per heavy atom. The van der Waals surface area contributed by atoms with Gasteiger partial charge in [0.25, 0.3) is 5.82 Å². The van der Waals surface area contributed by atoms with Crippen LogP contribution in [-0.2, 0) is 7.05 Å². The first-order valence-corrected chi connectivity index (χ1v) is 10.4. The van der Waals surface area contributed by atoms with E-state index >= 15 is 0 Å². The van der Waals surface area contributed by atoms with Crippen LogP contribution in [0.1, 0.15) is 16.8 Å². The van der Waals surface area contributed by atoms with Crippen molar-refractivity contribution in [1.29, 1.82) is 0 Å². The molecule has 3 heteroatoms. The molecule has 0 bridgehead atoms. The molecule has 0 N–H and O–H groups in total. The standard InChI is InChI=1S/C27H23N2O/c1-16-10-9-15-23(28(16)4)29-21-13-7-5-11-19(21)25-26(29)18(3)17(2)24-20-12-6-8-14-22(20)30-27(24)25/h5-15H,1-4H3/q+1. The van der Waals surface area contributed by atoms with Crippen LogP contribution in [-0.4, -0.2) is 4.57 Å². The average molecular weight is 391 g/mol. The van der Waals surface area contributed by atoms with Crippen LogP contribution in [0.25, 0.3) is 49.6 Å². The highest BCUT2D eigenvalue weighted by atomic mass is 16.3. The summed E-state index contributed by atoms with van der Waals surface area (Å²) in [7, 11) is 2.13. The maximum atomic E-state index is 6.49. The summed E-state index contributed by atoms with van der Waals surface area (Å²) in [5.41, 5.74) is 8.15. The molecule has 3 nitrogen and oxygen atoms in total. The van der Waals surface area contributed by atoms with E-state index in [0.29, 0.717) is 0 Å². The predicted octanol–water partition coefficient (Wildman–Crippen LogP) is 6.43. The van der Waals surface area contributed by atoms with Gasteiger partial charge in [0.1, 0.15) is 27.9 Å². The Morgan fingerprint density at radius 2 is 1.47 bits per heavy atom. The summed E-state index contributed by atoms with van der Waals surface area (Å²) in [4.78, 5) is 0. The van der Waals surface area contributed by atoms with Gasteiger partial charge in [-0.1, -0.05) is 36.4 Å². The van der Waals surface area contributed by atoms with Crippen LogP contribution >= 0.6 is 0 Å². The summed E-state index contributed by atoms with van der Waals surface area (Å²) in [5, 5.41) is 4.84. The number of hydrogen-bond acceptors (Lipinski definition) is 1. The summed E-state index contributed by atoms with van der Waals surface area (Å²) in [6.45, 7) is 6.61. The number of benzene rings is 3. The molecule has 0 unspecified atom stereocenters. The molecule has 0 amide bonds. The fourth-order valence-corrected chi connectivity index (χ4v) is 4.92. The molecule has 3 heterocycles. The van der Waals surface area contributed by atoms with E-state index in [2.05, 4.69) is 97.6 Å². The highest BCUT2D eigenvalue weighted by Crippen LogP contribution is 2.43. The highest BCUT2D eigenvalue weighted by Gasteiger charge is 2.27. The third-order valence-corrected chi connectivity index (χ3v) is 6.67. The quantitative estimate of drug-likeness (QED) is 0.296. The first kappa shape index (κ1) is 17.3. The topological polar surface area (TPSA) is 21.9 Å². The normalized spacial score (nSPS) is 12.0. The van der Waals surface area contributed by atoms with Crippen molar-refractivity contribution in [2.24, 2.45) is 7.05 Å². The number of furan rings is 1. The van der Waals surface area contributed by atoms with Gasteiger partial charge >= 0.3 is 0 Å². The van der Waals surface area contributed by atoms with E-state index in [-0.39, 0.29) is 0 Å². The second-order valence-corrected chi connectivity index (χ2v) is 8.21. The molecule has 146 valence electrons. The minimum atomic E-state index is 0.945. The lowest BCUT2D eigenvalue weighted by Gasteiger charge is -2.09. The molecule has 0 aliphatic heterocycles. The maximum absolute atomic E-state index is 6.49. The van der Waals surface area contributed by atoms with E-state index in [4.69, 9.17) is 4.42 Å². The Hall–Kier alpha value is -3.59. The molecule has 3 aromatic carbocycles. The fraction of sp³-hybridized carbons (Fsp3) is 0.148. The fourth-order valence-electron chi connectivity index (χ4n) is 4.92. The van der Waals surface area contributed by atoms with Crippen molar-refractivity contribution in [3.63, 3.8) is 0 Å². The van der Waals surface area contributed by atoms with Crippen LogP contribution < -0.4 is 4.57 Å². The lowest BCUT2D eigenvalue weighted by atomic mass is 9.98. The number of aromatic nitrogens is 2. The van der Waals surface area contributed by atoms with Crippen molar-refractivity contribution in [1.82, 2.24) is 4.57 Å². The number of fused-ring (bicyclic) bond motifs is 7. The van der Waals surface area contributed by atoms with Gasteiger partial charge in [-0.05, 0) is 50.6 Å². The number of para-hydroxylation sites is 2. The molecule has 0 saturated heterocycles. The lowest BCUT2D eigenvalue weighted by molar-refractivity contribution is -0.671. The average Bonchev–Trinajstić information content (AvgIpc) is 3.30. The van der Waals surface area contributed by atoms with E-state index in [0.717, 1.165) is 17.0 Å². The van der Waals surface area contributed by atoms with Gasteiger partial charge in [-0.25, -0.2) is 4.57 Å². The molecule has 0 radical (unpaired) electrons. The number of hydrogen-bond donors (Lipinski definition) is 0. The largest absolute Gasteiger partial charge is 0.455 e. The van der Waals surface area contributed by atoms with E-state index in [1.807, 2.05) is 6.07 Å². The summed E-state index contributed by atoms with van der Waals surface area (Å²) in [6, 6.07) is 23.5. The number of pyridine rings is 1. The molecule has 0 aliphatic rings. The van der Waals surface area contributed by atoms with Gasteiger partial charge in [0.2, 0.25) is 0 Å². The van der Waals surface area contributed by atoms with Crippen LogP contribution in [0.5, 0.6) is 0 Å². The number of aryl methyl sites for hydroxylation is 3. The first-order valence-electron chi connectivity index (χ1n) is 10.4. The summed E-state index contributed by atoms with van der Waals surface area (Å²) < 4.78 is 11.1. The predicted molar refractivity (Wildman–Crippen MR) is 123 cm³/mol. The molecule has 0 aliphatic carbocycles. The van der Waals surface area contributed by atoms with Crippen molar-refractivity contribution in [2.45, 2.75) is 20.8 Å². The Balaban J connectivity index is 1.95. The second kappa shape index (κ2) is 5.96. The maximum Gasteiger partial charge on any atom is 0.286 e. The molecule has 0 atom stereocenters. The molecule has 6 rings (SSSR count). The van der Waals surface area contributed by atoms with Crippen LogP contribution in [0.4, 0.5) is 0 Å². The Labute approximate surface area is 174 Å². The molecule has 30 heavy (non-hydrogen) atoms. The SMILES string of the molecule is Cc1c(C)c2c(c3ccccc3n2-c2cccc(C)[n+]2C)c2oc3ccccc3c12. The molecule has 6 aromatic rings. The van der Waals surface area contributed by atoms with Gasteiger partial charge in [-0.3, -0.25) is 0 Å². The zero-order valence-corrected chi connectivity index (χ0v) is 17.7. The van der Waals surface area contributed by atoms with Crippen molar-refractivity contribution < 1.29 is 8.98 Å². The van der Waals surface area contributed by atoms with E-state index in [9.17, 15) is 0 Å². The number of nitrogens with zero attached hydrogens (tertiary/aromatic N) is 2. The van der Waals surface area contributed by atoms with E-state index in [1.54, 1.807) is 0 Å². The van der Waals surface area contributed by atoms with E-state index < -0.39 is 0 Å². The van der Waals surface area contributed by atoms with Crippen molar-refractivity contribution >= 4 is 43.7 Å². The van der Waals surface area contributed by atoms with Crippen LogP contribution in [0, 0.1) is 20.8 Å². The van der Waals surface area contributed by atoms with Gasteiger partial charge in [0, 0.05) is 27.8 Å². The first-order chi connectivity index (χ1) is 14.6. The molecule has 0 fully saturated rings. The van der Waals surface area contributed by atoms with E-state index in [1.165, 1.54) is 49.4 Å².